The van der Waals surface area contributed by atoms with Crippen molar-refractivity contribution in [1.29, 1.82) is 0 Å². The molecule has 11 heavy (non-hydrogen) atoms. The van der Waals surface area contributed by atoms with Gasteiger partial charge in [0.25, 0.3) is 0 Å². The number of hydrogen-bond acceptors (Lipinski definition) is 4. The summed E-state index contributed by atoms with van der Waals surface area (Å²) >= 11 is 5.82. The summed E-state index contributed by atoms with van der Waals surface area (Å²) in [5.74, 6) is 0.483. The van der Waals surface area contributed by atoms with Crippen LogP contribution in [0.1, 0.15) is 13.8 Å². The number of halogens is 1. The summed E-state index contributed by atoms with van der Waals surface area (Å²) in [6, 6.07) is 0.180. The van der Waals surface area contributed by atoms with Crippen LogP contribution in [0.5, 0.6) is 0 Å². The maximum absolute atomic E-state index is 5.82. The van der Waals surface area contributed by atoms with E-state index in [1.165, 1.54) is 17.1 Å². The first kappa shape index (κ1) is 8.20. The standard InChI is InChI=1S/C6H9ClN4/c1-5(2)11(7)6-9-3-8-4-10-6/h3-5H,1-2H3. The monoisotopic (exact) mass is 172 g/mol. The number of anilines is 1. The van der Waals surface area contributed by atoms with Gasteiger partial charge in [-0.15, -0.1) is 0 Å². The molecule has 0 amide bonds. The molecule has 1 aromatic heterocycles. The second-order valence-corrected chi connectivity index (χ2v) is 2.71. The van der Waals surface area contributed by atoms with Crippen molar-refractivity contribution in [3.05, 3.63) is 12.7 Å². The van der Waals surface area contributed by atoms with Gasteiger partial charge >= 0.3 is 0 Å². The molecule has 1 rings (SSSR count). The molecule has 0 N–H and O–H groups in total. The molecule has 0 atom stereocenters. The zero-order valence-corrected chi connectivity index (χ0v) is 7.15. The Morgan fingerprint density at radius 1 is 1.36 bits per heavy atom. The van der Waals surface area contributed by atoms with Crippen LogP contribution in [0.4, 0.5) is 5.95 Å². The molecule has 0 aliphatic rings. The van der Waals surface area contributed by atoms with E-state index in [2.05, 4.69) is 15.0 Å². The summed E-state index contributed by atoms with van der Waals surface area (Å²) in [6.07, 6.45) is 2.83. The lowest BCUT2D eigenvalue weighted by atomic mass is 10.4. The van der Waals surface area contributed by atoms with Gasteiger partial charge in [0.05, 0.1) is 0 Å². The van der Waals surface area contributed by atoms with E-state index in [1.807, 2.05) is 13.8 Å². The molecule has 0 bridgehead atoms. The second kappa shape index (κ2) is 3.48. The van der Waals surface area contributed by atoms with Gasteiger partial charge in [-0.2, -0.15) is 0 Å². The number of rotatable bonds is 2. The van der Waals surface area contributed by atoms with Gasteiger partial charge in [-0.3, -0.25) is 4.42 Å². The molecule has 0 aliphatic carbocycles. The van der Waals surface area contributed by atoms with Crippen molar-refractivity contribution in [2.75, 3.05) is 4.42 Å². The van der Waals surface area contributed by atoms with Gasteiger partial charge in [0.1, 0.15) is 12.7 Å². The highest BCUT2D eigenvalue weighted by molar-refractivity contribution is 6.25. The molecule has 60 valence electrons. The second-order valence-electron chi connectivity index (χ2n) is 2.34. The van der Waals surface area contributed by atoms with Crippen LogP contribution in [-0.2, 0) is 0 Å². The molecule has 1 aromatic rings. The maximum atomic E-state index is 5.82. The van der Waals surface area contributed by atoms with Crippen LogP contribution in [0, 0.1) is 0 Å². The Labute approximate surface area is 70.4 Å². The quantitative estimate of drug-likeness (QED) is 0.630. The molecule has 0 fully saturated rings. The van der Waals surface area contributed by atoms with E-state index in [0.29, 0.717) is 5.95 Å². The largest absolute Gasteiger partial charge is 0.250 e. The van der Waals surface area contributed by atoms with Crippen molar-refractivity contribution in [3.63, 3.8) is 0 Å². The van der Waals surface area contributed by atoms with Gasteiger partial charge in [-0.25, -0.2) is 15.0 Å². The van der Waals surface area contributed by atoms with Gasteiger partial charge in [0.2, 0.25) is 5.95 Å². The van der Waals surface area contributed by atoms with Crippen LogP contribution >= 0.6 is 11.8 Å². The molecule has 4 nitrogen and oxygen atoms in total. The van der Waals surface area contributed by atoms with Crippen molar-refractivity contribution in [2.24, 2.45) is 0 Å². The van der Waals surface area contributed by atoms with E-state index in [-0.39, 0.29) is 6.04 Å². The fraction of sp³-hybridized carbons (Fsp3) is 0.500. The third kappa shape index (κ3) is 2.01. The summed E-state index contributed by atoms with van der Waals surface area (Å²) in [4.78, 5) is 11.4. The summed E-state index contributed by atoms with van der Waals surface area (Å²) in [5.41, 5.74) is 0. The fourth-order valence-corrected chi connectivity index (χ4v) is 0.662. The zero-order chi connectivity index (χ0) is 8.27. The Morgan fingerprint density at radius 2 is 1.91 bits per heavy atom. The third-order valence-electron chi connectivity index (χ3n) is 1.12. The molecular formula is C6H9ClN4. The van der Waals surface area contributed by atoms with Gasteiger partial charge in [0, 0.05) is 17.8 Å². The first-order valence-electron chi connectivity index (χ1n) is 3.29. The van der Waals surface area contributed by atoms with Crippen LogP contribution in [0.3, 0.4) is 0 Å². The molecule has 1 heterocycles. The smallest absolute Gasteiger partial charge is 0.243 e. The molecule has 0 saturated heterocycles. The number of aromatic nitrogens is 3. The molecule has 5 heteroatoms. The minimum Gasteiger partial charge on any atom is -0.250 e. The fourth-order valence-electron chi connectivity index (χ4n) is 0.574. The topological polar surface area (TPSA) is 41.9 Å². The van der Waals surface area contributed by atoms with E-state index >= 15 is 0 Å². The van der Waals surface area contributed by atoms with Crippen LogP contribution in [0.15, 0.2) is 12.7 Å². The van der Waals surface area contributed by atoms with Gasteiger partial charge in [-0.05, 0) is 13.8 Å². The first-order chi connectivity index (χ1) is 5.22. The highest BCUT2D eigenvalue weighted by atomic mass is 35.5. The molecule has 0 saturated carbocycles. The highest BCUT2D eigenvalue weighted by Gasteiger charge is 2.08. The van der Waals surface area contributed by atoms with Crippen molar-refractivity contribution in [2.45, 2.75) is 19.9 Å². The normalized spacial score (nSPS) is 10.2. The molecular weight excluding hydrogens is 164 g/mol. The van der Waals surface area contributed by atoms with E-state index in [4.69, 9.17) is 11.8 Å². The van der Waals surface area contributed by atoms with E-state index in [9.17, 15) is 0 Å². The first-order valence-corrected chi connectivity index (χ1v) is 3.62. The number of nitrogens with zero attached hydrogens (tertiary/aromatic N) is 4. The summed E-state index contributed by atoms with van der Waals surface area (Å²) in [7, 11) is 0. The summed E-state index contributed by atoms with van der Waals surface area (Å²) in [5, 5.41) is 0. The predicted octanol–water partition coefficient (Wildman–Crippen LogP) is 1.24. The Kier molecular flexibility index (Phi) is 2.59. The summed E-state index contributed by atoms with van der Waals surface area (Å²) < 4.78 is 1.46. The van der Waals surface area contributed by atoms with Gasteiger partial charge in [0.15, 0.2) is 0 Å². The van der Waals surface area contributed by atoms with Crippen LogP contribution in [0.2, 0.25) is 0 Å². The number of hydrogen-bond donors (Lipinski definition) is 0. The SMILES string of the molecule is CC(C)N(Cl)c1ncncn1. The Balaban J connectivity index is 2.77. The lowest BCUT2D eigenvalue weighted by molar-refractivity contribution is 0.796. The zero-order valence-electron chi connectivity index (χ0n) is 6.40. The van der Waals surface area contributed by atoms with E-state index < -0.39 is 0 Å². The van der Waals surface area contributed by atoms with Gasteiger partial charge < -0.3 is 0 Å². The van der Waals surface area contributed by atoms with Crippen LogP contribution in [0.25, 0.3) is 0 Å². The summed E-state index contributed by atoms with van der Waals surface area (Å²) in [6.45, 7) is 3.91. The van der Waals surface area contributed by atoms with Crippen LogP contribution in [-0.4, -0.2) is 21.0 Å². The predicted molar refractivity (Wildman–Crippen MR) is 43.3 cm³/mol. The van der Waals surface area contributed by atoms with E-state index in [0.717, 1.165) is 0 Å². The highest BCUT2D eigenvalue weighted by Crippen LogP contribution is 2.10. The van der Waals surface area contributed by atoms with Gasteiger partial charge in [-0.1, -0.05) is 0 Å². The Bertz CT molecular complexity index is 213. The molecule has 0 aromatic carbocycles. The van der Waals surface area contributed by atoms with E-state index in [1.54, 1.807) is 0 Å². The van der Waals surface area contributed by atoms with Crippen molar-refractivity contribution in [3.8, 4) is 0 Å². The third-order valence-corrected chi connectivity index (χ3v) is 1.67. The molecule has 0 radical (unpaired) electrons. The molecule has 0 aliphatic heterocycles. The lowest BCUT2D eigenvalue weighted by Gasteiger charge is -2.16. The average molecular weight is 173 g/mol. The maximum Gasteiger partial charge on any atom is 0.243 e. The van der Waals surface area contributed by atoms with Crippen molar-refractivity contribution in [1.82, 2.24) is 15.0 Å². The Hall–Kier alpha value is -0.900. The van der Waals surface area contributed by atoms with Crippen molar-refractivity contribution < 1.29 is 0 Å². The lowest BCUT2D eigenvalue weighted by Crippen LogP contribution is -2.21. The average Bonchev–Trinajstić information content (AvgIpc) is 2.05. The molecule has 0 spiro atoms. The Morgan fingerprint density at radius 3 is 2.36 bits per heavy atom. The minimum absolute atomic E-state index is 0.180. The minimum atomic E-state index is 0.180. The van der Waals surface area contributed by atoms with Crippen molar-refractivity contribution >= 4 is 17.7 Å². The van der Waals surface area contributed by atoms with Crippen LogP contribution < -0.4 is 4.42 Å². The molecule has 0 unspecified atom stereocenters.